The second-order valence-corrected chi connectivity index (χ2v) is 4.62. The molecule has 0 bridgehead atoms. The van der Waals surface area contributed by atoms with Crippen LogP contribution in [0.25, 0.3) is 0 Å². The molecular weight excluding hydrogens is 186 g/mol. The van der Waals surface area contributed by atoms with Crippen molar-refractivity contribution < 1.29 is 4.79 Å². The van der Waals surface area contributed by atoms with Gasteiger partial charge in [0.2, 0.25) is 0 Å². The molecule has 0 radical (unpaired) electrons. The van der Waals surface area contributed by atoms with Crippen LogP contribution in [0, 0.1) is 5.92 Å². The van der Waals surface area contributed by atoms with Gasteiger partial charge in [0.25, 0.3) is 0 Å². The van der Waals surface area contributed by atoms with Crippen LogP contribution in [0.4, 0.5) is 0 Å². The van der Waals surface area contributed by atoms with Gasteiger partial charge in [0.1, 0.15) is 5.78 Å². The third-order valence-corrected chi connectivity index (χ3v) is 3.31. The number of carbonyl (C=O) groups is 1. The average molecular weight is 205 g/mol. The van der Waals surface area contributed by atoms with E-state index < -0.39 is 0 Å². The van der Waals surface area contributed by atoms with Crippen molar-refractivity contribution in [1.29, 1.82) is 0 Å². The van der Waals surface area contributed by atoms with E-state index in [4.69, 9.17) is 0 Å². The van der Waals surface area contributed by atoms with Gasteiger partial charge in [0, 0.05) is 13.0 Å². The quantitative estimate of drug-likeness (QED) is 0.765. The molecule has 0 spiro atoms. The maximum Gasteiger partial charge on any atom is 0.129 e. The van der Waals surface area contributed by atoms with Crippen LogP contribution in [0.3, 0.4) is 0 Å². The monoisotopic (exact) mass is 205 g/mol. The molecule has 0 aromatic heterocycles. The summed E-state index contributed by atoms with van der Waals surface area (Å²) in [5, 5.41) is 3.41. The molecule has 1 unspecified atom stereocenters. The van der Waals surface area contributed by atoms with Crippen LogP contribution < -0.4 is 5.32 Å². The van der Waals surface area contributed by atoms with Crippen molar-refractivity contribution in [2.45, 2.75) is 32.6 Å². The summed E-state index contributed by atoms with van der Waals surface area (Å²) in [6, 6.07) is 0. The first-order valence-corrected chi connectivity index (χ1v) is 5.85. The number of allylic oxidation sites excluding steroid dienone is 2. The van der Waals surface area contributed by atoms with E-state index in [1.165, 1.54) is 12.0 Å². The first-order valence-electron chi connectivity index (χ1n) is 5.85. The predicted molar refractivity (Wildman–Crippen MR) is 61.7 cm³/mol. The summed E-state index contributed by atoms with van der Waals surface area (Å²) in [4.78, 5) is 10.9. The molecule has 0 aromatic rings. The van der Waals surface area contributed by atoms with Gasteiger partial charge >= 0.3 is 0 Å². The van der Waals surface area contributed by atoms with E-state index in [0.29, 0.717) is 11.7 Å². The number of hydrogen-bond acceptors (Lipinski definition) is 2. The fourth-order valence-corrected chi connectivity index (χ4v) is 2.38. The predicted octanol–water partition coefficient (Wildman–Crippen LogP) is 2.22. The number of rotatable bonds is 3. The van der Waals surface area contributed by atoms with Crippen LogP contribution in [0.1, 0.15) is 32.6 Å². The third-order valence-electron chi connectivity index (χ3n) is 3.31. The summed E-state index contributed by atoms with van der Waals surface area (Å²) < 4.78 is 0. The Morgan fingerprint density at radius 3 is 3.27 bits per heavy atom. The summed E-state index contributed by atoms with van der Waals surface area (Å²) in [5.74, 6) is 0.900. The average Bonchev–Trinajstić information content (AvgIpc) is 2.26. The minimum absolute atomic E-state index is 0.310. The summed E-state index contributed by atoms with van der Waals surface area (Å²) >= 11 is 0. The molecule has 0 amide bonds. The standard InChI is InChI=1S/C13H19NO/c1-10(15)2-3-11-4-5-12-6-7-14-9-13(12)8-11/h4-5,11,14H,2-3,6-9H2,1H3. The van der Waals surface area contributed by atoms with Crippen molar-refractivity contribution >= 4 is 5.78 Å². The number of hydrogen-bond donors (Lipinski definition) is 1. The zero-order chi connectivity index (χ0) is 10.7. The number of nitrogens with one attached hydrogen (secondary N) is 1. The van der Waals surface area contributed by atoms with Gasteiger partial charge in [-0.1, -0.05) is 17.7 Å². The topological polar surface area (TPSA) is 29.1 Å². The Kier molecular flexibility index (Phi) is 3.37. The summed E-state index contributed by atoms with van der Waals surface area (Å²) in [6.07, 6.45) is 8.66. The summed E-state index contributed by atoms with van der Waals surface area (Å²) in [5.41, 5.74) is 3.10. The summed E-state index contributed by atoms with van der Waals surface area (Å²) in [6.45, 7) is 3.84. The molecule has 0 saturated carbocycles. The molecule has 2 rings (SSSR count). The molecular formula is C13H19NO. The Bertz CT molecular complexity index is 314. The molecule has 2 nitrogen and oxygen atoms in total. The Morgan fingerprint density at radius 2 is 2.47 bits per heavy atom. The van der Waals surface area contributed by atoms with E-state index in [0.717, 1.165) is 32.4 Å². The van der Waals surface area contributed by atoms with Gasteiger partial charge in [0.05, 0.1) is 0 Å². The molecule has 1 atom stereocenters. The van der Waals surface area contributed by atoms with Crippen LogP contribution in [-0.2, 0) is 4.79 Å². The number of ketones is 1. The Hall–Kier alpha value is -0.890. The van der Waals surface area contributed by atoms with E-state index in [1.807, 2.05) is 0 Å². The molecule has 1 aliphatic heterocycles. The van der Waals surface area contributed by atoms with Crippen LogP contribution in [-0.4, -0.2) is 18.9 Å². The molecule has 1 aliphatic carbocycles. The molecule has 15 heavy (non-hydrogen) atoms. The van der Waals surface area contributed by atoms with Crippen LogP contribution >= 0.6 is 0 Å². The first kappa shape index (κ1) is 10.6. The SMILES string of the molecule is CC(=O)CCC1C=CC2=C(CNCC2)C1. The minimum Gasteiger partial charge on any atom is -0.313 e. The van der Waals surface area contributed by atoms with Crippen molar-refractivity contribution in [3.63, 3.8) is 0 Å². The van der Waals surface area contributed by atoms with E-state index in [1.54, 1.807) is 12.5 Å². The molecule has 1 N–H and O–H groups in total. The number of carbonyl (C=O) groups excluding carboxylic acids is 1. The van der Waals surface area contributed by atoms with Crippen molar-refractivity contribution in [2.24, 2.45) is 5.92 Å². The van der Waals surface area contributed by atoms with Crippen LogP contribution in [0.2, 0.25) is 0 Å². The van der Waals surface area contributed by atoms with E-state index in [9.17, 15) is 4.79 Å². The third kappa shape index (κ3) is 2.78. The zero-order valence-corrected chi connectivity index (χ0v) is 9.38. The fourth-order valence-electron chi connectivity index (χ4n) is 2.38. The first-order chi connectivity index (χ1) is 7.25. The molecule has 2 heteroatoms. The van der Waals surface area contributed by atoms with Crippen LogP contribution in [0.15, 0.2) is 23.3 Å². The Balaban J connectivity index is 1.91. The lowest BCUT2D eigenvalue weighted by atomic mass is 9.84. The fraction of sp³-hybridized carbons (Fsp3) is 0.615. The lowest BCUT2D eigenvalue weighted by molar-refractivity contribution is -0.117. The lowest BCUT2D eigenvalue weighted by Gasteiger charge is -2.26. The normalized spacial score (nSPS) is 25.3. The smallest absolute Gasteiger partial charge is 0.129 e. The van der Waals surface area contributed by atoms with Gasteiger partial charge in [-0.25, -0.2) is 0 Å². The van der Waals surface area contributed by atoms with E-state index in [-0.39, 0.29) is 0 Å². The largest absolute Gasteiger partial charge is 0.313 e. The van der Waals surface area contributed by atoms with E-state index >= 15 is 0 Å². The molecule has 82 valence electrons. The second-order valence-electron chi connectivity index (χ2n) is 4.62. The van der Waals surface area contributed by atoms with Crippen molar-refractivity contribution in [2.75, 3.05) is 13.1 Å². The maximum atomic E-state index is 10.9. The molecule has 0 saturated heterocycles. The van der Waals surface area contributed by atoms with Crippen molar-refractivity contribution in [3.05, 3.63) is 23.3 Å². The molecule has 1 heterocycles. The molecule has 0 fully saturated rings. The van der Waals surface area contributed by atoms with Gasteiger partial charge in [-0.2, -0.15) is 0 Å². The second kappa shape index (κ2) is 4.75. The van der Waals surface area contributed by atoms with Crippen LogP contribution in [0.5, 0.6) is 0 Å². The lowest BCUT2D eigenvalue weighted by Crippen LogP contribution is -2.27. The number of Topliss-reactive ketones (excluding diaryl/α,β-unsaturated/α-hetero) is 1. The molecule has 2 aliphatic rings. The van der Waals surface area contributed by atoms with Gasteiger partial charge in [0.15, 0.2) is 0 Å². The van der Waals surface area contributed by atoms with Crippen molar-refractivity contribution in [3.8, 4) is 0 Å². The van der Waals surface area contributed by atoms with Gasteiger partial charge in [-0.05, 0) is 44.2 Å². The highest BCUT2D eigenvalue weighted by Crippen LogP contribution is 2.29. The highest BCUT2D eigenvalue weighted by Gasteiger charge is 2.18. The van der Waals surface area contributed by atoms with Crippen molar-refractivity contribution in [1.82, 2.24) is 5.32 Å². The highest BCUT2D eigenvalue weighted by molar-refractivity contribution is 5.75. The highest BCUT2D eigenvalue weighted by atomic mass is 16.1. The van der Waals surface area contributed by atoms with Gasteiger partial charge < -0.3 is 10.1 Å². The van der Waals surface area contributed by atoms with E-state index in [2.05, 4.69) is 17.5 Å². The van der Waals surface area contributed by atoms with Gasteiger partial charge in [-0.15, -0.1) is 0 Å². The summed E-state index contributed by atoms with van der Waals surface area (Å²) in [7, 11) is 0. The minimum atomic E-state index is 0.310. The van der Waals surface area contributed by atoms with Gasteiger partial charge in [-0.3, -0.25) is 0 Å². The molecule has 0 aromatic carbocycles. The maximum absolute atomic E-state index is 10.9. The Morgan fingerprint density at radius 1 is 1.60 bits per heavy atom. The Labute approximate surface area is 91.4 Å². The zero-order valence-electron chi connectivity index (χ0n) is 9.38.